The quantitative estimate of drug-likeness (QED) is 0.703. The Morgan fingerprint density at radius 2 is 1.83 bits per heavy atom. The molecule has 1 aromatic carbocycles. The molecule has 1 unspecified atom stereocenters. The highest BCUT2D eigenvalue weighted by Gasteiger charge is 2.48. The molecule has 0 aliphatic carbocycles. The van der Waals surface area contributed by atoms with Gasteiger partial charge in [0, 0.05) is 38.8 Å². The zero-order valence-electron chi connectivity index (χ0n) is 16.6. The number of ether oxygens (including phenoxy) is 1. The highest BCUT2D eigenvalue weighted by atomic mass is 32.2. The van der Waals surface area contributed by atoms with Crippen molar-refractivity contribution >= 4 is 21.8 Å². The van der Waals surface area contributed by atoms with Crippen LogP contribution < -0.4 is 0 Å². The number of carbonyl (C=O) groups excluding carboxylic acids is 1. The van der Waals surface area contributed by atoms with Gasteiger partial charge in [0.05, 0.1) is 11.5 Å². The molecule has 0 aromatic heterocycles. The number of hydrogen-bond acceptors (Lipinski definition) is 6. The molecule has 2 aliphatic rings. The zero-order chi connectivity index (χ0) is 22.1. The predicted octanol–water partition coefficient (Wildman–Crippen LogP) is 1.87. The topological polar surface area (TPSA) is 82.5 Å². The molecule has 8 nitrogen and oxygen atoms in total. The molecule has 12 heteroatoms. The number of amides is 2. The third kappa shape index (κ3) is 4.97. The first kappa shape index (κ1) is 22.2. The summed E-state index contributed by atoms with van der Waals surface area (Å²) in [6.45, 7) is 2.87. The summed E-state index contributed by atoms with van der Waals surface area (Å²) in [6, 6.07) is 6.32. The number of halogens is 3. The fraction of sp³-hybridized carbons (Fsp3) is 0.556. The molecule has 0 saturated carbocycles. The lowest BCUT2D eigenvalue weighted by atomic mass is 10.1. The maximum absolute atomic E-state index is 12.9. The molecular weight excluding hydrogens is 425 g/mol. The lowest BCUT2D eigenvalue weighted by Gasteiger charge is -2.32. The molecule has 0 spiro atoms. The second-order valence-corrected chi connectivity index (χ2v) is 9.43. The Hall–Kier alpha value is -2.50. The van der Waals surface area contributed by atoms with Gasteiger partial charge in [-0.3, -0.25) is 0 Å². The van der Waals surface area contributed by atoms with Crippen molar-refractivity contribution in [3.8, 4) is 0 Å². The van der Waals surface area contributed by atoms with Gasteiger partial charge in [-0.25, -0.2) is 18.2 Å². The van der Waals surface area contributed by atoms with E-state index in [1.807, 2.05) is 6.92 Å². The molecule has 1 atom stereocenters. The van der Waals surface area contributed by atoms with E-state index in [0.29, 0.717) is 12.1 Å². The Bertz CT molecular complexity index is 904. The number of nitrogens with zero attached hydrogens (tertiary/aromatic N) is 4. The van der Waals surface area contributed by atoms with Crippen LogP contribution in [-0.2, 0) is 21.1 Å². The Labute approximate surface area is 172 Å². The monoisotopic (exact) mass is 448 g/mol. The molecule has 2 heterocycles. The minimum Gasteiger partial charge on any atom is -0.441 e. The van der Waals surface area contributed by atoms with E-state index in [4.69, 9.17) is 4.74 Å². The van der Waals surface area contributed by atoms with E-state index in [-0.39, 0.29) is 43.1 Å². The average Bonchev–Trinajstić information content (AvgIpc) is 3.08. The normalized spacial score (nSPS) is 21.2. The Kier molecular flexibility index (Phi) is 6.16. The van der Waals surface area contributed by atoms with Gasteiger partial charge in [-0.05, 0) is 24.6 Å². The summed E-state index contributed by atoms with van der Waals surface area (Å²) in [6.07, 6.45) is -6.68. The number of hydrogen-bond donors (Lipinski definition) is 0. The van der Waals surface area contributed by atoms with Crippen molar-refractivity contribution in [1.29, 1.82) is 0 Å². The van der Waals surface area contributed by atoms with E-state index in [1.165, 1.54) is 11.9 Å². The summed E-state index contributed by atoms with van der Waals surface area (Å²) in [5.74, 6) is -0.203. The molecule has 30 heavy (non-hydrogen) atoms. The van der Waals surface area contributed by atoms with Gasteiger partial charge in [-0.1, -0.05) is 12.1 Å². The maximum atomic E-state index is 12.9. The van der Waals surface area contributed by atoms with Crippen molar-refractivity contribution in [1.82, 2.24) is 14.8 Å². The van der Waals surface area contributed by atoms with Crippen LogP contribution in [0.5, 0.6) is 0 Å². The first-order valence-corrected chi connectivity index (χ1v) is 11.2. The third-order valence-corrected chi connectivity index (χ3v) is 6.54. The number of sulfone groups is 1. The summed E-state index contributed by atoms with van der Waals surface area (Å²) in [5.41, 5.74) is 1.17. The van der Waals surface area contributed by atoms with E-state index in [9.17, 15) is 26.4 Å². The van der Waals surface area contributed by atoms with Crippen LogP contribution in [-0.4, -0.2) is 85.7 Å². The van der Waals surface area contributed by atoms with E-state index in [2.05, 4.69) is 5.10 Å². The second kappa shape index (κ2) is 8.32. The second-order valence-electron chi connectivity index (χ2n) is 7.12. The van der Waals surface area contributed by atoms with Crippen molar-refractivity contribution in [2.75, 3.05) is 38.2 Å². The number of urea groups is 1. The molecule has 0 bridgehead atoms. The highest BCUT2D eigenvalue weighted by molar-refractivity contribution is 7.91. The lowest BCUT2D eigenvalue weighted by Crippen LogP contribution is -2.49. The van der Waals surface area contributed by atoms with Gasteiger partial charge in [-0.15, -0.1) is 5.10 Å². The fourth-order valence-corrected chi connectivity index (χ4v) is 4.40. The molecule has 1 aromatic rings. The largest absolute Gasteiger partial charge is 0.447 e. The van der Waals surface area contributed by atoms with Crippen LogP contribution in [0, 0.1) is 0 Å². The smallest absolute Gasteiger partial charge is 0.441 e. The van der Waals surface area contributed by atoms with Crippen molar-refractivity contribution in [2.45, 2.75) is 25.9 Å². The van der Waals surface area contributed by atoms with Crippen LogP contribution in [0.2, 0.25) is 0 Å². The van der Waals surface area contributed by atoms with Crippen molar-refractivity contribution in [2.24, 2.45) is 5.10 Å². The molecular formula is C18H23F3N4O4S. The highest BCUT2D eigenvalue weighted by Crippen LogP contribution is 2.30. The number of carbonyl (C=O) groups is 1. The van der Waals surface area contributed by atoms with Gasteiger partial charge in [0.25, 0.3) is 6.23 Å². The first-order chi connectivity index (χ1) is 14.0. The van der Waals surface area contributed by atoms with Crippen LogP contribution in [0.4, 0.5) is 18.0 Å². The van der Waals surface area contributed by atoms with Crippen LogP contribution >= 0.6 is 0 Å². The molecule has 0 radical (unpaired) electrons. The van der Waals surface area contributed by atoms with Crippen molar-refractivity contribution in [3.05, 3.63) is 35.4 Å². The average molecular weight is 448 g/mol. The molecule has 1 saturated heterocycles. The Morgan fingerprint density at radius 1 is 1.23 bits per heavy atom. The number of rotatable bonds is 4. The molecule has 166 valence electrons. The fourth-order valence-electron chi connectivity index (χ4n) is 3.20. The summed E-state index contributed by atoms with van der Waals surface area (Å²) >= 11 is 0. The minimum absolute atomic E-state index is 0.0412. The number of benzene rings is 1. The Balaban J connectivity index is 1.63. The minimum atomic E-state index is -4.56. The third-order valence-electron chi connectivity index (χ3n) is 4.93. The lowest BCUT2D eigenvalue weighted by molar-refractivity contribution is -0.230. The molecule has 2 aliphatic heterocycles. The summed E-state index contributed by atoms with van der Waals surface area (Å²) in [5, 5.41) is 4.52. The van der Waals surface area contributed by atoms with Crippen molar-refractivity contribution in [3.63, 3.8) is 0 Å². The van der Waals surface area contributed by atoms with Crippen LogP contribution in [0.1, 0.15) is 18.1 Å². The van der Waals surface area contributed by atoms with Gasteiger partial charge in [0.1, 0.15) is 0 Å². The molecule has 3 rings (SSSR count). The summed E-state index contributed by atoms with van der Waals surface area (Å²) in [7, 11) is -1.89. The molecule has 0 N–H and O–H groups in total. The predicted molar refractivity (Wildman–Crippen MR) is 103 cm³/mol. The van der Waals surface area contributed by atoms with E-state index in [1.54, 1.807) is 29.2 Å². The first-order valence-electron chi connectivity index (χ1n) is 9.38. The van der Waals surface area contributed by atoms with Gasteiger partial charge in [-0.2, -0.15) is 13.2 Å². The van der Waals surface area contributed by atoms with Crippen molar-refractivity contribution < 1.29 is 31.1 Å². The van der Waals surface area contributed by atoms with Crippen LogP contribution in [0.15, 0.2) is 29.4 Å². The van der Waals surface area contributed by atoms with Crippen LogP contribution in [0.25, 0.3) is 0 Å². The van der Waals surface area contributed by atoms with E-state index in [0.717, 1.165) is 10.6 Å². The molecule has 1 fully saturated rings. The van der Waals surface area contributed by atoms with Gasteiger partial charge >= 0.3 is 12.2 Å². The summed E-state index contributed by atoms with van der Waals surface area (Å²) in [4.78, 5) is 15.8. The number of alkyl halides is 3. The van der Waals surface area contributed by atoms with Gasteiger partial charge in [0.2, 0.25) is 5.90 Å². The van der Waals surface area contributed by atoms with Gasteiger partial charge in [0.15, 0.2) is 9.84 Å². The molecule has 2 amide bonds. The SMILES string of the molecule is CCN(Cc1ccc(C2=NN(C)C(C(F)(F)F)O2)cc1)C(=O)N1CCS(=O)(=O)CC1. The van der Waals surface area contributed by atoms with Crippen LogP contribution in [0.3, 0.4) is 0 Å². The standard InChI is InChI=1S/C18H23F3N4O4S/c1-3-24(17(26)25-8-10-30(27,28)11-9-25)12-13-4-6-14(7-5-13)15-22-23(2)16(29-15)18(19,20)21/h4-7,16H,3,8-12H2,1-2H3. The van der Waals surface area contributed by atoms with E-state index < -0.39 is 22.2 Å². The maximum Gasteiger partial charge on any atom is 0.447 e. The zero-order valence-corrected chi connectivity index (χ0v) is 17.4. The Morgan fingerprint density at radius 3 is 2.33 bits per heavy atom. The summed E-state index contributed by atoms with van der Waals surface area (Å²) < 4.78 is 66.7. The van der Waals surface area contributed by atoms with E-state index >= 15 is 0 Å². The number of hydrazone groups is 1. The van der Waals surface area contributed by atoms with Gasteiger partial charge < -0.3 is 14.5 Å².